The molecular weight excluding hydrogens is 300 g/mol. The van der Waals surface area contributed by atoms with Gasteiger partial charge in [-0.2, -0.15) is 0 Å². The van der Waals surface area contributed by atoms with Crippen LogP contribution < -0.4 is 9.47 Å². The number of ether oxygens (including phenoxy) is 2. The molecule has 0 aliphatic carbocycles. The average Bonchev–Trinajstić information content (AvgIpc) is 2.99. The maximum atomic E-state index is 6.07. The van der Waals surface area contributed by atoms with Gasteiger partial charge in [0.05, 0.1) is 18.1 Å². The van der Waals surface area contributed by atoms with Crippen LogP contribution in [0.2, 0.25) is 0 Å². The van der Waals surface area contributed by atoms with Crippen LogP contribution in [0.4, 0.5) is 0 Å². The molecule has 1 atom stereocenters. The Morgan fingerprint density at radius 1 is 1.12 bits per heavy atom. The van der Waals surface area contributed by atoms with Crippen molar-refractivity contribution in [3.8, 4) is 11.5 Å². The number of benzene rings is 2. The third-order valence-corrected chi connectivity index (χ3v) is 3.89. The fraction of sp³-hybridized carbons (Fsp3) is 0.250. The molecule has 24 heavy (non-hydrogen) atoms. The minimum atomic E-state index is -0.209. The van der Waals surface area contributed by atoms with E-state index in [0.717, 1.165) is 22.4 Å². The van der Waals surface area contributed by atoms with Crippen molar-refractivity contribution in [1.29, 1.82) is 0 Å². The highest BCUT2D eigenvalue weighted by atomic mass is 16.5. The molecule has 0 saturated heterocycles. The van der Waals surface area contributed by atoms with Gasteiger partial charge < -0.3 is 14.5 Å². The summed E-state index contributed by atoms with van der Waals surface area (Å²) in [5.74, 6) is 2.22. The van der Waals surface area contributed by atoms with Crippen LogP contribution in [0.3, 0.4) is 0 Å². The van der Waals surface area contributed by atoms with Gasteiger partial charge in [0.15, 0.2) is 17.6 Å². The molecule has 0 saturated carbocycles. The SMILES string of the molecule is C/C=C/c1ccc(O[C@@H](C)c2nc3ccc(C)cc3[nH]2)c(OC)c1. The maximum absolute atomic E-state index is 6.07. The van der Waals surface area contributed by atoms with E-state index in [2.05, 4.69) is 29.0 Å². The molecule has 0 amide bonds. The number of nitrogens with zero attached hydrogens (tertiary/aromatic N) is 1. The van der Waals surface area contributed by atoms with Gasteiger partial charge in [0, 0.05) is 0 Å². The van der Waals surface area contributed by atoms with E-state index in [4.69, 9.17) is 9.47 Å². The van der Waals surface area contributed by atoms with E-state index in [0.29, 0.717) is 11.5 Å². The molecule has 124 valence electrons. The fourth-order valence-electron chi connectivity index (χ4n) is 2.66. The minimum Gasteiger partial charge on any atom is -0.493 e. The van der Waals surface area contributed by atoms with Crippen molar-refractivity contribution in [2.75, 3.05) is 7.11 Å². The first-order valence-electron chi connectivity index (χ1n) is 8.04. The van der Waals surface area contributed by atoms with Crippen LogP contribution in [0.1, 0.15) is 36.9 Å². The number of allylic oxidation sites excluding steroid dienone is 1. The van der Waals surface area contributed by atoms with E-state index in [1.165, 1.54) is 5.56 Å². The first-order chi connectivity index (χ1) is 11.6. The molecule has 3 rings (SSSR count). The molecule has 4 heteroatoms. The lowest BCUT2D eigenvalue weighted by Gasteiger charge is -2.15. The van der Waals surface area contributed by atoms with Gasteiger partial charge in [-0.05, 0) is 56.2 Å². The Bertz CT molecular complexity index is 880. The number of aryl methyl sites for hydroxylation is 1. The van der Waals surface area contributed by atoms with Crippen LogP contribution in [-0.4, -0.2) is 17.1 Å². The van der Waals surface area contributed by atoms with E-state index in [-0.39, 0.29) is 6.10 Å². The topological polar surface area (TPSA) is 47.1 Å². The van der Waals surface area contributed by atoms with Crippen LogP contribution in [0.5, 0.6) is 11.5 Å². The molecule has 1 heterocycles. The molecule has 1 N–H and O–H groups in total. The van der Waals surface area contributed by atoms with Crippen molar-refractivity contribution in [3.05, 3.63) is 59.4 Å². The summed E-state index contributed by atoms with van der Waals surface area (Å²) in [6.45, 7) is 6.03. The molecule has 1 aromatic heterocycles. The number of methoxy groups -OCH3 is 1. The molecular formula is C20H22N2O2. The molecule has 3 aromatic rings. The van der Waals surface area contributed by atoms with Crippen molar-refractivity contribution < 1.29 is 9.47 Å². The predicted octanol–water partition coefficient (Wildman–Crippen LogP) is 5.05. The molecule has 0 bridgehead atoms. The standard InChI is InChI=1S/C20H22N2O2/c1-5-6-15-8-10-18(19(12-15)23-4)24-14(3)20-21-16-9-7-13(2)11-17(16)22-20/h5-12,14H,1-4H3,(H,21,22)/b6-5+/t14-/m0/s1. The number of hydrogen-bond donors (Lipinski definition) is 1. The molecule has 0 spiro atoms. The zero-order valence-corrected chi connectivity index (χ0v) is 14.5. The first kappa shape index (κ1) is 16.1. The zero-order valence-electron chi connectivity index (χ0n) is 14.5. The van der Waals surface area contributed by atoms with Crippen molar-refractivity contribution >= 4 is 17.1 Å². The lowest BCUT2D eigenvalue weighted by molar-refractivity contribution is 0.208. The van der Waals surface area contributed by atoms with E-state index in [1.807, 2.05) is 50.3 Å². The smallest absolute Gasteiger partial charge is 0.162 e. The first-order valence-corrected chi connectivity index (χ1v) is 8.04. The van der Waals surface area contributed by atoms with Gasteiger partial charge in [0.25, 0.3) is 0 Å². The fourth-order valence-corrected chi connectivity index (χ4v) is 2.66. The van der Waals surface area contributed by atoms with E-state index >= 15 is 0 Å². The Morgan fingerprint density at radius 3 is 2.71 bits per heavy atom. The van der Waals surface area contributed by atoms with E-state index < -0.39 is 0 Å². The van der Waals surface area contributed by atoms with Gasteiger partial charge in [0.2, 0.25) is 0 Å². The summed E-state index contributed by atoms with van der Waals surface area (Å²) in [6, 6.07) is 12.1. The van der Waals surface area contributed by atoms with Gasteiger partial charge >= 0.3 is 0 Å². The van der Waals surface area contributed by atoms with E-state index in [1.54, 1.807) is 7.11 Å². The second-order valence-corrected chi connectivity index (χ2v) is 5.81. The summed E-state index contributed by atoms with van der Waals surface area (Å²) in [4.78, 5) is 7.96. The second-order valence-electron chi connectivity index (χ2n) is 5.81. The Morgan fingerprint density at radius 2 is 1.96 bits per heavy atom. The third-order valence-electron chi connectivity index (χ3n) is 3.89. The number of H-pyrrole nitrogens is 1. The van der Waals surface area contributed by atoms with Crippen LogP contribution in [-0.2, 0) is 0 Å². The number of nitrogens with one attached hydrogen (secondary N) is 1. The van der Waals surface area contributed by atoms with E-state index in [9.17, 15) is 0 Å². The summed E-state index contributed by atoms with van der Waals surface area (Å²) in [5.41, 5.74) is 4.25. The number of aromatic nitrogens is 2. The number of aromatic amines is 1. The summed E-state index contributed by atoms with van der Waals surface area (Å²) in [7, 11) is 1.65. The summed E-state index contributed by atoms with van der Waals surface area (Å²) < 4.78 is 11.5. The highest BCUT2D eigenvalue weighted by Crippen LogP contribution is 2.32. The summed E-state index contributed by atoms with van der Waals surface area (Å²) >= 11 is 0. The lowest BCUT2D eigenvalue weighted by Crippen LogP contribution is -2.06. The normalized spacial score (nSPS) is 12.7. The van der Waals surface area contributed by atoms with Gasteiger partial charge in [-0.1, -0.05) is 24.3 Å². The van der Waals surface area contributed by atoms with Crippen molar-refractivity contribution in [1.82, 2.24) is 9.97 Å². The van der Waals surface area contributed by atoms with Gasteiger partial charge in [0.1, 0.15) is 5.82 Å². The van der Waals surface area contributed by atoms with Crippen molar-refractivity contribution in [2.45, 2.75) is 26.9 Å². The monoisotopic (exact) mass is 322 g/mol. The largest absolute Gasteiger partial charge is 0.493 e. The number of hydrogen-bond acceptors (Lipinski definition) is 3. The Labute approximate surface area is 142 Å². The quantitative estimate of drug-likeness (QED) is 0.715. The maximum Gasteiger partial charge on any atom is 0.162 e. The van der Waals surface area contributed by atoms with Gasteiger partial charge in [-0.3, -0.25) is 0 Å². The molecule has 2 aromatic carbocycles. The van der Waals surface area contributed by atoms with Crippen LogP contribution in [0.15, 0.2) is 42.5 Å². The predicted molar refractivity (Wildman–Crippen MR) is 97.6 cm³/mol. The summed E-state index contributed by atoms with van der Waals surface area (Å²) in [5, 5.41) is 0. The second kappa shape index (κ2) is 6.79. The summed E-state index contributed by atoms with van der Waals surface area (Å²) in [6.07, 6.45) is 3.81. The highest BCUT2D eigenvalue weighted by Gasteiger charge is 2.15. The van der Waals surface area contributed by atoms with Gasteiger partial charge in [-0.15, -0.1) is 0 Å². The average molecular weight is 322 g/mol. The van der Waals surface area contributed by atoms with Crippen molar-refractivity contribution in [2.24, 2.45) is 0 Å². The van der Waals surface area contributed by atoms with Crippen LogP contribution in [0.25, 0.3) is 17.1 Å². The molecule has 0 unspecified atom stereocenters. The third kappa shape index (κ3) is 3.27. The number of rotatable bonds is 5. The highest BCUT2D eigenvalue weighted by molar-refractivity contribution is 5.75. The molecule has 0 aliphatic rings. The Kier molecular flexibility index (Phi) is 4.56. The number of imidazole rings is 1. The molecule has 0 aliphatic heterocycles. The molecule has 0 radical (unpaired) electrons. The van der Waals surface area contributed by atoms with Crippen LogP contribution in [0, 0.1) is 6.92 Å². The lowest BCUT2D eigenvalue weighted by atomic mass is 10.2. The van der Waals surface area contributed by atoms with Gasteiger partial charge in [-0.25, -0.2) is 4.98 Å². The zero-order chi connectivity index (χ0) is 17.1. The Hall–Kier alpha value is -2.75. The molecule has 4 nitrogen and oxygen atoms in total. The molecule has 0 fully saturated rings. The van der Waals surface area contributed by atoms with Crippen molar-refractivity contribution in [3.63, 3.8) is 0 Å². The Balaban J connectivity index is 1.86. The number of fused-ring (bicyclic) bond motifs is 1. The van der Waals surface area contributed by atoms with Crippen LogP contribution >= 0.6 is 0 Å². The minimum absolute atomic E-state index is 0.209.